The fraction of sp³-hybridized carbons (Fsp3) is 0.214. The molecule has 0 N–H and O–H groups in total. The van der Waals surface area contributed by atoms with Crippen LogP contribution in [0.3, 0.4) is 0 Å². The van der Waals surface area contributed by atoms with Crippen molar-refractivity contribution in [1.82, 2.24) is 4.90 Å². The van der Waals surface area contributed by atoms with E-state index >= 15 is 0 Å². The zero-order valence-corrected chi connectivity index (χ0v) is 12.4. The third-order valence-corrected chi connectivity index (χ3v) is 4.27. The van der Waals surface area contributed by atoms with Crippen LogP contribution in [0.25, 0.3) is 6.08 Å². The second-order valence-corrected chi connectivity index (χ2v) is 5.99. The summed E-state index contributed by atoms with van der Waals surface area (Å²) in [5, 5.41) is 10.5. The molecule has 0 saturated carbocycles. The minimum Gasteiger partial charge on any atom is -0.550 e. The number of amides is 1. The Labute approximate surface area is 126 Å². The normalized spacial score (nSPS) is 17.1. The van der Waals surface area contributed by atoms with Crippen molar-refractivity contribution in [2.45, 2.75) is 13.3 Å². The molecule has 4 nitrogen and oxygen atoms in total. The van der Waals surface area contributed by atoms with Gasteiger partial charge in [0.1, 0.15) is 4.32 Å². The van der Waals surface area contributed by atoms with Gasteiger partial charge in [0.2, 0.25) is 0 Å². The summed E-state index contributed by atoms with van der Waals surface area (Å²) in [7, 11) is 0. The Hall–Kier alpha value is -1.66. The van der Waals surface area contributed by atoms with E-state index in [4.69, 9.17) is 12.2 Å². The standard InChI is InChI=1S/C14H13NO3S2/c1-9-4-2-3-5-10(9)8-11-13(18)15(14(19)20-11)7-6-12(16)17/h2-5,8H,6-7H2,1H3,(H,16,17)/p-1/b11-8+. The molecule has 1 fully saturated rings. The van der Waals surface area contributed by atoms with Crippen LogP contribution < -0.4 is 5.11 Å². The number of benzene rings is 1. The number of carbonyl (C=O) groups excluding carboxylic acids is 2. The molecule has 0 unspecified atom stereocenters. The minimum absolute atomic E-state index is 0.0537. The molecule has 0 bridgehead atoms. The van der Waals surface area contributed by atoms with Crippen molar-refractivity contribution in [2.24, 2.45) is 0 Å². The van der Waals surface area contributed by atoms with Crippen LogP contribution in [-0.2, 0) is 9.59 Å². The fourth-order valence-corrected chi connectivity index (χ4v) is 3.09. The molecular weight excluding hydrogens is 294 g/mol. The van der Waals surface area contributed by atoms with Crippen molar-refractivity contribution < 1.29 is 14.7 Å². The number of thiocarbonyl (C=S) groups is 1. The predicted octanol–water partition coefficient (Wildman–Crippen LogP) is 1.34. The van der Waals surface area contributed by atoms with E-state index in [0.29, 0.717) is 9.23 Å². The van der Waals surface area contributed by atoms with Crippen LogP contribution >= 0.6 is 24.0 Å². The lowest BCUT2D eigenvalue weighted by atomic mass is 10.1. The lowest BCUT2D eigenvalue weighted by molar-refractivity contribution is -0.305. The number of carboxylic acid groups (broad SMARTS) is 1. The topological polar surface area (TPSA) is 60.4 Å². The first-order valence-electron chi connectivity index (χ1n) is 6.00. The highest BCUT2D eigenvalue weighted by atomic mass is 32.2. The van der Waals surface area contributed by atoms with Gasteiger partial charge in [-0.2, -0.15) is 0 Å². The molecule has 1 heterocycles. The summed E-state index contributed by atoms with van der Waals surface area (Å²) in [5.74, 6) is -1.44. The van der Waals surface area contributed by atoms with Crippen LogP contribution in [0, 0.1) is 6.92 Å². The molecule has 1 amide bonds. The summed E-state index contributed by atoms with van der Waals surface area (Å²) in [5.41, 5.74) is 2.01. The lowest BCUT2D eigenvalue weighted by Gasteiger charge is -2.14. The predicted molar refractivity (Wildman–Crippen MR) is 80.7 cm³/mol. The smallest absolute Gasteiger partial charge is 0.266 e. The van der Waals surface area contributed by atoms with E-state index in [1.165, 1.54) is 16.7 Å². The van der Waals surface area contributed by atoms with Gasteiger partial charge in [-0.05, 0) is 24.1 Å². The van der Waals surface area contributed by atoms with Gasteiger partial charge in [0.15, 0.2) is 0 Å². The molecule has 0 aromatic heterocycles. The Morgan fingerprint density at radius 3 is 2.80 bits per heavy atom. The van der Waals surface area contributed by atoms with Gasteiger partial charge in [0, 0.05) is 18.9 Å². The first kappa shape index (κ1) is 14.7. The molecule has 1 aliphatic rings. The maximum Gasteiger partial charge on any atom is 0.266 e. The highest BCUT2D eigenvalue weighted by molar-refractivity contribution is 8.26. The first-order valence-corrected chi connectivity index (χ1v) is 7.22. The summed E-state index contributed by atoms with van der Waals surface area (Å²) in [6.07, 6.45) is 1.57. The van der Waals surface area contributed by atoms with Gasteiger partial charge in [0.25, 0.3) is 5.91 Å². The molecule has 20 heavy (non-hydrogen) atoms. The van der Waals surface area contributed by atoms with E-state index in [1.807, 2.05) is 31.2 Å². The number of hydrogen-bond donors (Lipinski definition) is 0. The summed E-state index contributed by atoms with van der Waals surface area (Å²) >= 11 is 6.30. The van der Waals surface area contributed by atoms with Crippen LogP contribution in [0.2, 0.25) is 0 Å². The molecular formula is C14H12NO3S2-. The zero-order chi connectivity index (χ0) is 14.7. The molecule has 1 aromatic rings. The largest absolute Gasteiger partial charge is 0.550 e. The summed E-state index contributed by atoms with van der Waals surface area (Å²) < 4.78 is 0.385. The van der Waals surface area contributed by atoms with Crippen molar-refractivity contribution in [3.63, 3.8) is 0 Å². The molecule has 1 saturated heterocycles. The van der Waals surface area contributed by atoms with Gasteiger partial charge in [0.05, 0.1) is 4.91 Å². The van der Waals surface area contributed by atoms with Crippen molar-refractivity contribution in [1.29, 1.82) is 0 Å². The van der Waals surface area contributed by atoms with Crippen LogP contribution in [0.5, 0.6) is 0 Å². The molecule has 6 heteroatoms. The molecule has 0 spiro atoms. The van der Waals surface area contributed by atoms with Crippen LogP contribution in [0.1, 0.15) is 17.5 Å². The molecule has 2 rings (SSSR count). The van der Waals surface area contributed by atoms with Gasteiger partial charge in [-0.15, -0.1) is 0 Å². The molecule has 1 aromatic carbocycles. The average Bonchev–Trinajstić information content (AvgIpc) is 2.65. The number of thioether (sulfide) groups is 1. The van der Waals surface area contributed by atoms with Gasteiger partial charge < -0.3 is 9.90 Å². The number of hydrogen-bond acceptors (Lipinski definition) is 5. The average molecular weight is 306 g/mol. The van der Waals surface area contributed by atoms with E-state index in [2.05, 4.69) is 0 Å². The number of nitrogens with zero attached hydrogens (tertiary/aromatic N) is 1. The van der Waals surface area contributed by atoms with E-state index in [-0.39, 0.29) is 18.9 Å². The van der Waals surface area contributed by atoms with Gasteiger partial charge >= 0.3 is 0 Å². The zero-order valence-electron chi connectivity index (χ0n) is 10.8. The Morgan fingerprint density at radius 2 is 2.15 bits per heavy atom. The van der Waals surface area contributed by atoms with Crippen LogP contribution in [0.15, 0.2) is 29.2 Å². The fourth-order valence-electron chi connectivity index (χ4n) is 1.79. The maximum absolute atomic E-state index is 12.2. The molecule has 0 radical (unpaired) electrons. The van der Waals surface area contributed by atoms with Gasteiger partial charge in [-0.1, -0.05) is 48.2 Å². The summed E-state index contributed by atoms with van der Waals surface area (Å²) in [4.78, 5) is 24.5. The molecule has 1 aliphatic heterocycles. The van der Waals surface area contributed by atoms with Gasteiger partial charge in [-0.25, -0.2) is 0 Å². The molecule has 104 valence electrons. The van der Waals surface area contributed by atoms with E-state index in [1.54, 1.807) is 6.08 Å². The highest BCUT2D eigenvalue weighted by Gasteiger charge is 2.31. The Balaban J connectivity index is 2.19. The SMILES string of the molecule is Cc1ccccc1/C=C1/SC(=S)N(CCC(=O)[O-])C1=O. The number of carbonyl (C=O) groups is 2. The van der Waals surface area contributed by atoms with Crippen LogP contribution in [0.4, 0.5) is 0 Å². The van der Waals surface area contributed by atoms with Gasteiger partial charge in [-0.3, -0.25) is 9.69 Å². The third kappa shape index (κ3) is 3.26. The van der Waals surface area contributed by atoms with E-state index in [9.17, 15) is 14.7 Å². The Morgan fingerprint density at radius 1 is 1.45 bits per heavy atom. The summed E-state index contributed by atoms with van der Waals surface area (Å²) in [6, 6.07) is 7.71. The molecule has 0 aliphatic carbocycles. The Bertz CT molecular complexity index is 610. The van der Waals surface area contributed by atoms with E-state index < -0.39 is 5.97 Å². The highest BCUT2D eigenvalue weighted by Crippen LogP contribution is 2.32. The summed E-state index contributed by atoms with van der Waals surface area (Å²) in [6.45, 7) is 2.01. The second kappa shape index (κ2) is 6.19. The number of aryl methyl sites for hydroxylation is 1. The number of carboxylic acids is 1. The van der Waals surface area contributed by atoms with Crippen molar-refractivity contribution in [3.05, 3.63) is 40.3 Å². The Kier molecular flexibility index (Phi) is 4.57. The monoisotopic (exact) mass is 306 g/mol. The van der Waals surface area contributed by atoms with Crippen molar-refractivity contribution in [3.8, 4) is 0 Å². The minimum atomic E-state index is -1.19. The second-order valence-electron chi connectivity index (χ2n) is 4.31. The van der Waals surface area contributed by atoms with E-state index in [0.717, 1.165) is 11.1 Å². The van der Waals surface area contributed by atoms with Crippen molar-refractivity contribution in [2.75, 3.05) is 6.54 Å². The lowest BCUT2D eigenvalue weighted by Crippen LogP contribution is -2.33. The third-order valence-electron chi connectivity index (χ3n) is 2.89. The first-order chi connectivity index (χ1) is 9.49. The van der Waals surface area contributed by atoms with Crippen LogP contribution in [-0.4, -0.2) is 27.6 Å². The van der Waals surface area contributed by atoms with Crippen molar-refractivity contribution >= 4 is 46.3 Å². The number of rotatable bonds is 4. The number of aliphatic carboxylic acids is 1. The quantitative estimate of drug-likeness (QED) is 0.620. The molecule has 0 atom stereocenters. The maximum atomic E-state index is 12.2.